The SMILES string of the molecule is CCOC(=O)C(C/C=C\c1ccccc1)(C/C=C\c1ccccc1)C(C)=O. The fourth-order valence-electron chi connectivity index (χ4n) is 2.87. The monoisotopic (exact) mass is 362 g/mol. The minimum Gasteiger partial charge on any atom is -0.465 e. The summed E-state index contributed by atoms with van der Waals surface area (Å²) in [4.78, 5) is 25.2. The Kier molecular flexibility index (Phi) is 7.75. The molecule has 0 saturated carbocycles. The second-order valence-electron chi connectivity index (χ2n) is 6.39. The summed E-state index contributed by atoms with van der Waals surface area (Å²) < 4.78 is 5.25. The lowest BCUT2D eigenvalue weighted by Gasteiger charge is -2.26. The van der Waals surface area contributed by atoms with Gasteiger partial charge in [0.2, 0.25) is 0 Å². The van der Waals surface area contributed by atoms with E-state index in [0.29, 0.717) is 12.8 Å². The topological polar surface area (TPSA) is 43.4 Å². The fourth-order valence-corrected chi connectivity index (χ4v) is 2.87. The standard InChI is InChI=1S/C24H26O3/c1-3-27-23(26)24(20(2)25,18-10-16-21-12-6-4-7-13-21)19-11-17-22-14-8-5-9-15-22/h4-17H,3,18-19H2,1-2H3/b16-10-,17-11-. The third-order valence-corrected chi connectivity index (χ3v) is 4.49. The summed E-state index contributed by atoms with van der Waals surface area (Å²) in [6, 6.07) is 19.6. The molecule has 2 aromatic rings. The highest BCUT2D eigenvalue weighted by atomic mass is 16.5. The molecule has 2 rings (SSSR count). The van der Waals surface area contributed by atoms with Crippen LogP contribution in [0.1, 0.15) is 37.8 Å². The average Bonchev–Trinajstić information content (AvgIpc) is 2.68. The van der Waals surface area contributed by atoms with Gasteiger partial charge in [0.05, 0.1) is 6.61 Å². The zero-order valence-electron chi connectivity index (χ0n) is 15.9. The minimum absolute atomic E-state index is 0.184. The maximum Gasteiger partial charge on any atom is 0.320 e. The van der Waals surface area contributed by atoms with Gasteiger partial charge in [0.15, 0.2) is 0 Å². The van der Waals surface area contributed by atoms with Crippen molar-refractivity contribution in [3.05, 3.63) is 83.9 Å². The number of esters is 1. The minimum atomic E-state index is -1.20. The predicted molar refractivity (Wildman–Crippen MR) is 110 cm³/mol. The second-order valence-corrected chi connectivity index (χ2v) is 6.39. The first-order valence-corrected chi connectivity index (χ1v) is 9.20. The molecule has 0 aromatic heterocycles. The molecule has 0 aliphatic carbocycles. The van der Waals surface area contributed by atoms with Crippen LogP contribution in [0.4, 0.5) is 0 Å². The lowest BCUT2D eigenvalue weighted by Crippen LogP contribution is -2.38. The zero-order chi connectivity index (χ0) is 19.5. The molecular weight excluding hydrogens is 336 g/mol. The van der Waals surface area contributed by atoms with Gasteiger partial charge in [-0.05, 0) is 37.8 Å². The molecular formula is C24H26O3. The maximum absolute atomic E-state index is 12.7. The number of allylic oxidation sites excluding steroid dienone is 2. The normalized spacial score (nSPS) is 11.8. The average molecular weight is 362 g/mol. The van der Waals surface area contributed by atoms with E-state index in [-0.39, 0.29) is 12.4 Å². The Labute approximate surface area is 161 Å². The third-order valence-electron chi connectivity index (χ3n) is 4.49. The second kappa shape index (κ2) is 10.3. The van der Waals surface area contributed by atoms with Crippen LogP contribution < -0.4 is 0 Å². The van der Waals surface area contributed by atoms with Gasteiger partial charge in [-0.2, -0.15) is 0 Å². The van der Waals surface area contributed by atoms with E-state index in [0.717, 1.165) is 11.1 Å². The van der Waals surface area contributed by atoms with Gasteiger partial charge < -0.3 is 4.74 Å². The fraction of sp³-hybridized carbons (Fsp3) is 0.250. The van der Waals surface area contributed by atoms with Crippen LogP contribution in [0.3, 0.4) is 0 Å². The zero-order valence-corrected chi connectivity index (χ0v) is 15.9. The van der Waals surface area contributed by atoms with E-state index in [1.54, 1.807) is 6.92 Å². The van der Waals surface area contributed by atoms with Crippen molar-refractivity contribution in [3.8, 4) is 0 Å². The van der Waals surface area contributed by atoms with Crippen LogP contribution in [-0.4, -0.2) is 18.4 Å². The van der Waals surface area contributed by atoms with Gasteiger partial charge in [-0.1, -0.05) is 85.0 Å². The molecule has 0 amide bonds. The molecule has 0 heterocycles. The Bertz CT molecular complexity index is 737. The summed E-state index contributed by atoms with van der Waals surface area (Å²) in [6.07, 6.45) is 8.22. The summed E-state index contributed by atoms with van der Waals surface area (Å²) in [7, 11) is 0. The highest BCUT2D eigenvalue weighted by molar-refractivity contribution is 6.03. The van der Waals surface area contributed by atoms with Crippen LogP contribution >= 0.6 is 0 Å². The Morgan fingerprint density at radius 3 is 1.67 bits per heavy atom. The van der Waals surface area contributed by atoms with Gasteiger partial charge in [0.1, 0.15) is 11.2 Å². The number of benzene rings is 2. The number of hydrogen-bond donors (Lipinski definition) is 0. The number of hydrogen-bond acceptors (Lipinski definition) is 3. The van der Waals surface area contributed by atoms with Crippen molar-refractivity contribution >= 4 is 23.9 Å². The predicted octanol–water partition coefficient (Wildman–Crippen LogP) is 5.33. The number of carbonyl (C=O) groups is 2. The summed E-state index contributed by atoms with van der Waals surface area (Å²) in [5.41, 5.74) is 0.851. The lowest BCUT2D eigenvalue weighted by molar-refractivity contribution is -0.159. The number of rotatable bonds is 9. The van der Waals surface area contributed by atoms with Crippen LogP contribution in [0.15, 0.2) is 72.8 Å². The molecule has 2 aromatic carbocycles. The van der Waals surface area contributed by atoms with Gasteiger partial charge in [-0.15, -0.1) is 0 Å². The first-order valence-electron chi connectivity index (χ1n) is 9.20. The van der Waals surface area contributed by atoms with E-state index in [9.17, 15) is 9.59 Å². The van der Waals surface area contributed by atoms with Gasteiger partial charge in [0, 0.05) is 0 Å². The molecule has 0 spiro atoms. The van der Waals surface area contributed by atoms with Crippen molar-refractivity contribution in [1.82, 2.24) is 0 Å². The van der Waals surface area contributed by atoms with Crippen LogP contribution in [0.5, 0.6) is 0 Å². The smallest absolute Gasteiger partial charge is 0.320 e. The molecule has 140 valence electrons. The third kappa shape index (κ3) is 5.78. The number of ether oxygens (including phenoxy) is 1. The van der Waals surface area contributed by atoms with E-state index in [4.69, 9.17) is 4.74 Å². The van der Waals surface area contributed by atoms with E-state index >= 15 is 0 Å². The Morgan fingerprint density at radius 1 is 0.852 bits per heavy atom. The summed E-state index contributed by atoms with van der Waals surface area (Å²) in [6.45, 7) is 3.46. The van der Waals surface area contributed by atoms with Gasteiger partial charge in [-0.25, -0.2) is 0 Å². The van der Waals surface area contributed by atoms with E-state index in [2.05, 4.69) is 0 Å². The molecule has 0 radical (unpaired) electrons. The first-order chi connectivity index (χ1) is 13.1. The molecule has 3 heteroatoms. The van der Waals surface area contributed by atoms with Crippen LogP contribution in [0.25, 0.3) is 12.2 Å². The van der Waals surface area contributed by atoms with E-state index < -0.39 is 11.4 Å². The first kappa shape index (κ1) is 20.4. The molecule has 0 fully saturated rings. The van der Waals surface area contributed by atoms with Crippen molar-refractivity contribution in [2.24, 2.45) is 5.41 Å². The number of Topliss-reactive ketones (excluding diaryl/α,β-unsaturated/α-hetero) is 1. The number of carbonyl (C=O) groups excluding carboxylic acids is 2. The number of ketones is 1. The molecule has 27 heavy (non-hydrogen) atoms. The molecule has 0 unspecified atom stereocenters. The van der Waals surface area contributed by atoms with Gasteiger partial charge >= 0.3 is 5.97 Å². The molecule has 0 aliphatic heterocycles. The van der Waals surface area contributed by atoms with Crippen molar-refractivity contribution in [2.45, 2.75) is 26.7 Å². The maximum atomic E-state index is 12.7. The molecule has 0 N–H and O–H groups in total. The van der Waals surface area contributed by atoms with Crippen LogP contribution in [0, 0.1) is 5.41 Å². The van der Waals surface area contributed by atoms with Crippen molar-refractivity contribution in [1.29, 1.82) is 0 Å². The van der Waals surface area contributed by atoms with Crippen molar-refractivity contribution in [3.63, 3.8) is 0 Å². The van der Waals surface area contributed by atoms with E-state index in [1.165, 1.54) is 6.92 Å². The van der Waals surface area contributed by atoms with Crippen molar-refractivity contribution < 1.29 is 14.3 Å². The van der Waals surface area contributed by atoms with Gasteiger partial charge in [0.25, 0.3) is 0 Å². The largest absolute Gasteiger partial charge is 0.465 e. The molecule has 0 atom stereocenters. The Morgan fingerprint density at radius 2 is 1.30 bits per heavy atom. The van der Waals surface area contributed by atoms with E-state index in [1.807, 2.05) is 85.0 Å². The quantitative estimate of drug-likeness (QED) is 0.447. The highest BCUT2D eigenvalue weighted by Crippen LogP contribution is 2.32. The lowest BCUT2D eigenvalue weighted by atomic mass is 9.77. The highest BCUT2D eigenvalue weighted by Gasteiger charge is 2.42. The summed E-state index contributed by atoms with van der Waals surface area (Å²) in [5, 5.41) is 0. The van der Waals surface area contributed by atoms with Gasteiger partial charge in [-0.3, -0.25) is 9.59 Å². The van der Waals surface area contributed by atoms with Crippen LogP contribution in [-0.2, 0) is 14.3 Å². The summed E-state index contributed by atoms with van der Waals surface area (Å²) >= 11 is 0. The molecule has 3 nitrogen and oxygen atoms in total. The van der Waals surface area contributed by atoms with Crippen LogP contribution in [0.2, 0.25) is 0 Å². The Balaban J connectivity index is 2.23. The molecule has 0 bridgehead atoms. The molecule has 0 aliphatic rings. The Hall–Kier alpha value is -2.94. The molecule has 0 saturated heterocycles. The summed E-state index contributed by atoms with van der Waals surface area (Å²) in [5.74, 6) is -0.649. The van der Waals surface area contributed by atoms with Crippen molar-refractivity contribution in [2.75, 3.05) is 6.61 Å².